The molecule has 3 aliphatic rings. The maximum atomic E-state index is 12.5. The van der Waals surface area contributed by atoms with Crippen molar-refractivity contribution >= 4 is 34.9 Å². The first-order valence-corrected chi connectivity index (χ1v) is 12.9. The van der Waals surface area contributed by atoms with Gasteiger partial charge < -0.3 is 29.0 Å². The lowest BCUT2D eigenvalue weighted by Gasteiger charge is -2.32. The van der Waals surface area contributed by atoms with Gasteiger partial charge >= 0.3 is 5.97 Å². The highest BCUT2D eigenvalue weighted by molar-refractivity contribution is 5.96. The Bertz CT molecular complexity index is 1380. The fourth-order valence-electron chi connectivity index (χ4n) is 5.06. The van der Waals surface area contributed by atoms with E-state index in [4.69, 9.17) is 23.9 Å². The van der Waals surface area contributed by atoms with Crippen LogP contribution in [0.25, 0.3) is 22.7 Å². The van der Waals surface area contributed by atoms with Crippen molar-refractivity contribution < 1.29 is 33.6 Å². The van der Waals surface area contributed by atoms with Gasteiger partial charge in [0.15, 0.2) is 17.1 Å². The fraction of sp³-hybridized carbons (Fsp3) is 0.414. The number of benzene rings is 1. The lowest BCUT2D eigenvalue weighted by atomic mass is 9.85. The molecule has 0 bridgehead atoms. The summed E-state index contributed by atoms with van der Waals surface area (Å²) in [5.74, 6) is 0.550. The lowest BCUT2D eigenvalue weighted by Crippen LogP contribution is -2.45. The standard InChI is InChI=1S/C29H32N2O7/c1-4-9-35-10-7-6-8-19-20-11-25-26(38-17-37-25)13-23(20)30-27-21(19)14-31(3)24(27)12-22-18(15-32)16-36-28(33)29(22,34)5-2/h6,8,11-13,15,34H,4-5,7,9-10,14,16-17H2,1-3H3/b8-6+,24-12-/t29-/m0/s1. The SMILES string of the molecule is CCCOCC/C=C/c1c2c(nc3cc4c(cc13)OCO4)/C(=C/C1=C(C=O)COC(=O)[C@]1(O)CC)N(C)C2. The molecule has 1 aromatic heterocycles. The minimum atomic E-state index is -1.91. The predicted octanol–water partition coefficient (Wildman–Crippen LogP) is 3.77. The van der Waals surface area contributed by atoms with Gasteiger partial charge in [-0.15, -0.1) is 0 Å². The van der Waals surface area contributed by atoms with Crippen LogP contribution in [0.15, 0.2) is 35.4 Å². The van der Waals surface area contributed by atoms with Gasteiger partial charge in [-0.05, 0) is 37.0 Å². The number of pyridine rings is 1. The molecule has 2 aromatic rings. The van der Waals surface area contributed by atoms with Crippen LogP contribution in [-0.4, -0.2) is 66.5 Å². The first kappa shape index (κ1) is 25.9. The summed E-state index contributed by atoms with van der Waals surface area (Å²) in [4.78, 5) is 31.4. The summed E-state index contributed by atoms with van der Waals surface area (Å²) in [5, 5.41) is 12.2. The number of aldehydes is 1. The number of aliphatic hydroxyl groups is 1. The highest BCUT2D eigenvalue weighted by Gasteiger charge is 2.44. The van der Waals surface area contributed by atoms with Crippen LogP contribution in [0.4, 0.5) is 0 Å². The zero-order chi connectivity index (χ0) is 26.9. The summed E-state index contributed by atoms with van der Waals surface area (Å²) in [7, 11) is 1.92. The molecule has 0 saturated heterocycles. The normalized spacial score (nSPS) is 21.6. The van der Waals surface area contributed by atoms with Gasteiger partial charge in [0, 0.05) is 48.4 Å². The molecule has 4 heterocycles. The minimum Gasteiger partial charge on any atom is -0.458 e. The zero-order valence-electron chi connectivity index (χ0n) is 21.9. The number of ether oxygens (including phenoxy) is 4. The molecule has 0 saturated carbocycles. The van der Waals surface area contributed by atoms with Gasteiger partial charge in [0.2, 0.25) is 6.79 Å². The van der Waals surface area contributed by atoms with Crippen molar-refractivity contribution in [3.8, 4) is 11.5 Å². The van der Waals surface area contributed by atoms with E-state index in [2.05, 4.69) is 19.1 Å². The molecule has 0 radical (unpaired) electrons. The molecular formula is C29H32N2O7. The smallest absolute Gasteiger partial charge is 0.343 e. The molecule has 3 aliphatic heterocycles. The zero-order valence-corrected chi connectivity index (χ0v) is 21.9. The Morgan fingerprint density at radius 2 is 1.97 bits per heavy atom. The Hall–Kier alpha value is -3.69. The molecule has 1 aromatic carbocycles. The third-order valence-corrected chi connectivity index (χ3v) is 7.16. The number of hydrogen-bond donors (Lipinski definition) is 1. The van der Waals surface area contributed by atoms with E-state index in [0.29, 0.717) is 36.6 Å². The van der Waals surface area contributed by atoms with E-state index in [1.165, 1.54) is 0 Å². The van der Waals surface area contributed by atoms with Gasteiger partial charge in [-0.1, -0.05) is 26.0 Å². The molecule has 1 atom stereocenters. The van der Waals surface area contributed by atoms with Crippen molar-refractivity contribution in [2.24, 2.45) is 0 Å². The van der Waals surface area contributed by atoms with Crippen molar-refractivity contribution in [3.63, 3.8) is 0 Å². The molecule has 0 spiro atoms. The quantitative estimate of drug-likeness (QED) is 0.300. The number of esters is 1. The Kier molecular flexibility index (Phi) is 7.23. The van der Waals surface area contributed by atoms with Crippen LogP contribution in [-0.2, 0) is 25.6 Å². The van der Waals surface area contributed by atoms with E-state index in [0.717, 1.165) is 47.2 Å². The van der Waals surface area contributed by atoms with E-state index in [-0.39, 0.29) is 31.0 Å². The van der Waals surface area contributed by atoms with Crippen molar-refractivity contribution in [1.29, 1.82) is 0 Å². The number of carbonyl (C=O) groups excluding carboxylic acids is 2. The third kappa shape index (κ3) is 4.46. The predicted molar refractivity (Wildman–Crippen MR) is 141 cm³/mol. The monoisotopic (exact) mass is 520 g/mol. The average Bonchev–Trinajstić information content (AvgIpc) is 3.50. The Labute approximate surface area is 221 Å². The second-order valence-electron chi connectivity index (χ2n) is 9.61. The maximum Gasteiger partial charge on any atom is 0.343 e. The van der Waals surface area contributed by atoms with Crippen LogP contribution >= 0.6 is 0 Å². The number of fused-ring (bicyclic) bond motifs is 3. The number of rotatable bonds is 9. The third-order valence-electron chi connectivity index (χ3n) is 7.16. The topological polar surface area (TPSA) is 107 Å². The van der Waals surface area contributed by atoms with Crippen LogP contribution < -0.4 is 9.47 Å². The minimum absolute atomic E-state index is 0.0710. The van der Waals surface area contributed by atoms with Gasteiger partial charge in [-0.2, -0.15) is 0 Å². The van der Waals surface area contributed by atoms with Gasteiger partial charge in [-0.25, -0.2) is 9.78 Å². The molecular weight excluding hydrogens is 488 g/mol. The first-order chi connectivity index (χ1) is 18.4. The molecule has 200 valence electrons. The molecule has 0 fully saturated rings. The number of aromatic nitrogens is 1. The van der Waals surface area contributed by atoms with Gasteiger partial charge in [0.05, 0.1) is 23.5 Å². The number of cyclic esters (lactones) is 1. The molecule has 0 aliphatic carbocycles. The van der Waals surface area contributed by atoms with E-state index in [9.17, 15) is 14.7 Å². The van der Waals surface area contributed by atoms with Gasteiger partial charge in [0.1, 0.15) is 12.9 Å². The lowest BCUT2D eigenvalue weighted by molar-refractivity contribution is -0.162. The molecule has 1 N–H and O–H groups in total. The fourth-order valence-corrected chi connectivity index (χ4v) is 5.06. The van der Waals surface area contributed by atoms with Crippen LogP contribution in [0.1, 0.15) is 49.9 Å². The highest BCUT2D eigenvalue weighted by Crippen LogP contribution is 2.43. The molecule has 5 rings (SSSR count). The molecule has 0 amide bonds. The molecule has 0 unspecified atom stereocenters. The van der Waals surface area contributed by atoms with Crippen LogP contribution in [0.5, 0.6) is 11.5 Å². The molecule has 9 heteroatoms. The first-order valence-electron chi connectivity index (χ1n) is 12.9. The number of nitrogens with zero attached hydrogens (tertiary/aromatic N) is 2. The van der Waals surface area contributed by atoms with Crippen LogP contribution in [0, 0.1) is 0 Å². The Balaban J connectivity index is 1.65. The van der Waals surface area contributed by atoms with Crippen molar-refractivity contribution in [3.05, 3.63) is 52.3 Å². The summed E-state index contributed by atoms with van der Waals surface area (Å²) in [5.41, 5.74) is 2.74. The van der Waals surface area contributed by atoms with Gasteiger partial charge in [-0.3, -0.25) is 4.79 Å². The average molecular weight is 521 g/mol. The summed E-state index contributed by atoms with van der Waals surface area (Å²) in [6.07, 6.45) is 8.35. The largest absolute Gasteiger partial charge is 0.458 e. The van der Waals surface area contributed by atoms with Crippen LogP contribution in [0.2, 0.25) is 0 Å². The van der Waals surface area contributed by atoms with E-state index in [1.807, 2.05) is 24.1 Å². The second kappa shape index (κ2) is 10.6. The second-order valence-corrected chi connectivity index (χ2v) is 9.61. The summed E-state index contributed by atoms with van der Waals surface area (Å²) in [6.45, 7) is 5.68. The summed E-state index contributed by atoms with van der Waals surface area (Å²) >= 11 is 0. The van der Waals surface area contributed by atoms with Crippen LogP contribution in [0.3, 0.4) is 0 Å². The molecule has 38 heavy (non-hydrogen) atoms. The summed E-state index contributed by atoms with van der Waals surface area (Å²) < 4.78 is 22.0. The Morgan fingerprint density at radius 3 is 2.71 bits per heavy atom. The van der Waals surface area contributed by atoms with E-state index < -0.39 is 11.6 Å². The maximum absolute atomic E-state index is 12.5. The van der Waals surface area contributed by atoms with Crippen molar-refractivity contribution in [2.45, 2.75) is 45.3 Å². The van der Waals surface area contributed by atoms with E-state index in [1.54, 1.807) is 13.0 Å². The molecule has 9 nitrogen and oxygen atoms in total. The number of carbonyl (C=O) groups is 2. The number of hydrogen-bond acceptors (Lipinski definition) is 9. The highest BCUT2D eigenvalue weighted by atomic mass is 16.7. The van der Waals surface area contributed by atoms with E-state index >= 15 is 0 Å². The Morgan fingerprint density at radius 1 is 1.18 bits per heavy atom. The van der Waals surface area contributed by atoms with Crippen molar-refractivity contribution in [1.82, 2.24) is 9.88 Å². The van der Waals surface area contributed by atoms with Gasteiger partial charge in [0.25, 0.3) is 0 Å². The van der Waals surface area contributed by atoms with Crippen molar-refractivity contribution in [2.75, 3.05) is 33.7 Å². The summed E-state index contributed by atoms with van der Waals surface area (Å²) in [6, 6.07) is 3.83.